The summed E-state index contributed by atoms with van der Waals surface area (Å²) in [6, 6.07) is 45.1. The van der Waals surface area contributed by atoms with Gasteiger partial charge in [-0.1, -0.05) is 113 Å². The minimum Gasteiger partial charge on any atom is -0.310 e. The number of benzene rings is 6. The van der Waals surface area contributed by atoms with Gasteiger partial charge in [0.1, 0.15) is 0 Å². The molecule has 0 N–H and O–H groups in total. The standard InChI is InChI=1S/C43H34N2/c1-42(2)38-25-30(15-19-34(38)36-17-13-27-9-5-7-11-32(27)40(36)42)45(29-21-23-44-24-22-29)31-16-20-35-37-18-14-28-10-6-8-12-33(28)41(37)43(3,4)39(35)26-31/h5-26H,1-4H3. The highest BCUT2D eigenvalue weighted by Crippen LogP contribution is 2.55. The van der Waals surface area contributed by atoms with Crippen molar-refractivity contribution in [2.45, 2.75) is 38.5 Å². The van der Waals surface area contributed by atoms with Crippen LogP contribution in [-0.2, 0) is 10.8 Å². The number of fused-ring (bicyclic) bond motifs is 10. The largest absolute Gasteiger partial charge is 0.310 e. The minimum atomic E-state index is -0.131. The van der Waals surface area contributed by atoms with Crippen LogP contribution >= 0.6 is 0 Å². The maximum absolute atomic E-state index is 4.36. The Bertz CT molecular complexity index is 2180. The Labute approximate surface area is 264 Å². The molecule has 45 heavy (non-hydrogen) atoms. The Balaban J connectivity index is 1.22. The summed E-state index contributed by atoms with van der Waals surface area (Å²) in [6.07, 6.45) is 3.78. The molecule has 0 spiro atoms. The first-order valence-electron chi connectivity index (χ1n) is 15.9. The molecule has 2 nitrogen and oxygen atoms in total. The molecule has 0 saturated carbocycles. The molecule has 2 aliphatic rings. The second kappa shape index (κ2) is 9.15. The summed E-state index contributed by atoms with van der Waals surface area (Å²) in [4.78, 5) is 6.76. The van der Waals surface area contributed by atoms with Gasteiger partial charge in [-0.15, -0.1) is 0 Å². The third kappa shape index (κ3) is 3.60. The number of hydrogen-bond donors (Lipinski definition) is 0. The van der Waals surface area contributed by atoms with Crippen LogP contribution in [0.15, 0.2) is 134 Å². The van der Waals surface area contributed by atoms with E-state index in [0.717, 1.165) is 17.1 Å². The smallest absolute Gasteiger partial charge is 0.0492 e. The number of anilines is 3. The molecule has 0 unspecified atom stereocenters. The first kappa shape index (κ1) is 26.2. The van der Waals surface area contributed by atoms with Crippen molar-refractivity contribution >= 4 is 38.6 Å². The predicted molar refractivity (Wildman–Crippen MR) is 189 cm³/mol. The van der Waals surface area contributed by atoms with Crippen LogP contribution in [0.3, 0.4) is 0 Å². The molecule has 2 heteroatoms. The van der Waals surface area contributed by atoms with Gasteiger partial charge in [0.2, 0.25) is 0 Å². The highest BCUT2D eigenvalue weighted by molar-refractivity contribution is 6.00. The van der Waals surface area contributed by atoms with Crippen molar-refractivity contribution in [1.82, 2.24) is 4.98 Å². The Morgan fingerprint density at radius 1 is 0.444 bits per heavy atom. The molecule has 0 aliphatic heterocycles. The summed E-state index contributed by atoms with van der Waals surface area (Å²) in [5.41, 5.74) is 14.1. The fourth-order valence-corrected chi connectivity index (χ4v) is 8.39. The summed E-state index contributed by atoms with van der Waals surface area (Å²) in [7, 11) is 0. The van der Waals surface area contributed by atoms with Crippen LogP contribution in [0, 0.1) is 0 Å². The lowest BCUT2D eigenvalue weighted by Gasteiger charge is -2.30. The fraction of sp³-hybridized carbons (Fsp3) is 0.140. The van der Waals surface area contributed by atoms with Gasteiger partial charge in [0.15, 0.2) is 0 Å². The van der Waals surface area contributed by atoms with Crippen LogP contribution < -0.4 is 4.90 Å². The molecule has 216 valence electrons. The van der Waals surface area contributed by atoms with Crippen molar-refractivity contribution < 1.29 is 0 Å². The van der Waals surface area contributed by atoms with Crippen molar-refractivity contribution in [2.75, 3.05) is 4.90 Å². The predicted octanol–water partition coefficient (Wildman–Crippen LogP) is 11.5. The Morgan fingerprint density at radius 2 is 0.889 bits per heavy atom. The Morgan fingerprint density at radius 3 is 1.38 bits per heavy atom. The highest BCUT2D eigenvalue weighted by atomic mass is 15.1. The van der Waals surface area contributed by atoms with Gasteiger partial charge in [-0.2, -0.15) is 0 Å². The molecule has 0 bridgehead atoms. The van der Waals surface area contributed by atoms with Crippen LogP contribution in [0.1, 0.15) is 49.9 Å². The van der Waals surface area contributed by atoms with Crippen molar-refractivity contribution in [3.8, 4) is 22.3 Å². The lowest BCUT2D eigenvalue weighted by atomic mass is 9.80. The molecule has 2 aliphatic carbocycles. The van der Waals surface area contributed by atoms with E-state index in [-0.39, 0.29) is 10.8 Å². The van der Waals surface area contributed by atoms with Gasteiger partial charge < -0.3 is 4.90 Å². The zero-order valence-corrected chi connectivity index (χ0v) is 26.1. The van der Waals surface area contributed by atoms with E-state index < -0.39 is 0 Å². The number of pyridine rings is 1. The summed E-state index contributed by atoms with van der Waals surface area (Å²) in [5.74, 6) is 0. The quantitative estimate of drug-likeness (QED) is 0.207. The van der Waals surface area contributed by atoms with Crippen molar-refractivity contribution in [3.05, 3.63) is 156 Å². The van der Waals surface area contributed by atoms with E-state index >= 15 is 0 Å². The maximum atomic E-state index is 4.36. The summed E-state index contributed by atoms with van der Waals surface area (Å²) < 4.78 is 0. The molecule has 0 radical (unpaired) electrons. The molecule has 9 rings (SSSR count). The lowest BCUT2D eigenvalue weighted by molar-refractivity contribution is 0.666. The minimum absolute atomic E-state index is 0.131. The van der Waals surface area contributed by atoms with Crippen molar-refractivity contribution in [1.29, 1.82) is 0 Å². The summed E-state index contributed by atoms with van der Waals surface area (Å²) in [5, 5.41) is 5.28. The molecule has 0 atom stereocenters. The number of aromatic nitrogens is 1. The van der Waals surface area contributed by atoms with Crippen LogP contribution in [-0.4, -0.2) is 4.98 Å². The number of hydrogen-bond acceptors (Lipinski definition) is 2. The monoisotopic (exact) mass is 578 g/mol. The van der Waals surface area contributed by atoms with E-state index in [1.165, 1.54) is 66.1 Å². The van der Waals surface area contributed by atoms with E-state index in [9.17, 15) is 0 Å². The first-order chi connectivity index (χ1) is 21.8. The first-order valence-corrected chi connectivity index (χ1v) is 15.9. The zero-order chi connectivity index (χ0) is 30.5. The average Bonchev–Trinajstić information content (AvgIpc) is 3.45. The van der Waals surface area contributed by atoms with Gasteiger partial charge in [-0.05, 0) is 102 Å². The van der Waals surface area contributed by atoms with E-state index in [2.05, 4.69) is 159 Å². The van der Waals surface area contributed by atoms with Gasteiger partial charge in [-0.25, -0.2) is 0 Å². The van der Waals surface area contributed by atoms with Gasteiger partial charge in [0.05, 0.1) is 0 Å². The summed E-state index contributed by atoms with van der Waals surface area (Å²) >= 11 is 0. The third-order valence-electron chi connectivity index (χ3n) is 10.5. The van der Waals surface area contributed by atoms with Gasteiger partial charge in [-0.3, -0.25) is 4.98 Å². The maximum Gasteiger partial charge on any atom is 0.0492 e. The molecule has 0 fully saturated rings. The van der Waals surface area contributed by atoms with Crippen LogP contribution in [0.5, 0.6) is 0 Å². The van der Waals surface area contributed by atoms with Crippen LogP contribution in [0.4, 0.5) is 17.1 Å². The topological polar surface area (TPSA) is 16.1 Å². The molecule has 7 aromatic rings. The molecular weight excluding hydrogens is 544 g/mol. The lowest BCUT2D eigenvalue weighted by Crippen LogP contribution is -2.18. The molecule has 0 amide bonds. The molecule has 0 saturated heterocycles. The van der Waals surface area contributed by atoms with E-state index in [4.69, 9.17) is 0 Å². The van der Waals surface area contributed by atoms with Crippen molar-refractivity contribution in [3.63, 3.8) is 0 Å². The second-order valence-electron chi connectivity index (χ2n) is 13.7. The second-order valence-corrected chi connectivity index (χ2v) is 13.7. The molecule has 6 aromatic carbocycles. The number of rotatable bonds is 3. The van der Waals surface area contributed by atoms with Crippen LogP contribution in [0.25, 0.3) is 43.8 Å². The van der Waals surface area contributed by atoms with Gasteiger partial charge in [0.25, 0.3) is 0 Å². The normalized spacial score (nSPS) is 15.0. The van der Waals surface area contributed by atoms with E-state index in [1.54, 1.807) is 0 Å². The van der Waals surface area contributed by atoms with E-state index in [1.807, 2.05) is 12.4 Å². The van der Waals surface area contributed by atoms with Crippen molar-refractivity contribution in [2.24, 2.45) is 0 Å². The Hall–Kier alpha value is -5.21. The number of nitrogens with zero attached hydrogens (tertiary/aromatic N) is 2. The van der Waals surface area contributed by atoms with E-state index in [0.29, 0.717) is 0 Å². The fourth-order valence-electron chi connectivity index (χ4n) is 8.39. The molecule has 1 aromatic heterocycles. The van der Waals surface area contributed by atoms with Gasteiger partial charge >= 0.3 is 0 Å². The highest BCUT2D eigenvalue weighted by Gasteiger charge is 2.39. The molecule has 1 heterocycles. The van der Waals surface area contributed by atoms with Gasteiger partial charge in [0, 0.05) is 40.3 Å². The average molecular weight is 579 g/mol. The zero-order valence-electron chi connectivity index (χ0n) is 26.1. The summed E-state index contributed by atoms with van der Waals surface area (Å²) in [6.45, 7) is 9.52. The third-order valence-corrected chi connectivity index (χ3v) is 10.5. The Kier molecular flexibility index (Phi) is 5.33. The SMILES string of the molecule is CC1(C)c2cc(N(c3ccncc3)c3ccc4c(c3)C(C)(C)c3c-4ccc4ccccc34)ccc2-c2ccc3ccccc3c21. The molecular formula is C43H34N2. The van der Waals surface area contributed by atoms with Crippen LogP contribution in [0.2, 0.25) is 0 Å².